The second kappa shape index (κ2) is 5.78. The minimum atomic E-state index is -1.99. The van der Waals surface area contributed by atoms with Gasteiger partial charge >= 0.3 is 17.9 Å². The summed E-state index contributed by atoms with van der Waals surface area (Å²) in [6, 6.07) is -1.20. The highest BCUT2D eigenvalue weighted by Gasteiger charge is 2.61. The average molecular weight is 313 g/mol. The van der Waals surface area contributed by atoms with Crippen LogP contribution in [0.3, 0.4) is 0 Å². The van der Waals surface area contributed by atoms with Crippen LogP contribution < -0.4 is 5.32 Å². The molecule has 0 aromatic carbocycles. The normalized spacial score (nSPS) is 35.0. The van der Waals surface area contributed by atoms with Crippen LogP contribution in [-0.4, -0.2) is 57.7 Å². The maximum atomic E-state index is 11.6. The fourth-order valence-electron chi connectivity index (χ4n) is 2.59. The van der Waals surface area contributed by atoms with Gasteiger partial charge in [-0.1, -0.05) is 0 Å². The van der Waals surface area contributed by atoms with Crippen LogP contribution in [0.4, 0.5) is 0 Å². The van der Waals surface area contributed by atoms with E-state index in [1.807, 2.05) is 0 Å². The van der Waals surface area contributed by atoms with Crippen molar-refractivity contribution < 1.29 is 39.2 Å². The van der Waals surface area contributed by atoms with Crippen LogP contribution in [0.15, 0.2) is 24.0 Å². The van der Waals surface area contributed by atoms with E-state index in [1.165, 1.54) is 12.2 Å². The van der Waals surface area contributed by atoms with E-state index in [1.54, 1.807) is 6.92 Å². The molecule has 1 unspecified atom stereocenters. The van der Waals surface area contributed by atoms with Crippen LogP contribution in [0.2, 0.25) is 0 Å². The van der Waals surface area contributed by atoms with Crippen molar-refractivity contribution in [3.05, 3.63) is 24.0 Å². The van der Waals surface area contributed by atoms with Crippen LogP contribution in [-0.2, 0) is 23.9 Å². The zero-order valence-electron chi connectivity index (χ0n) is 11.6. The van der Waals surface area contributed by atoms with Crippen LogP contribution in [0, 0.1) is 5.92 Å². The zero-order valence-corrected chi connectivity index (χ0v) is 11.6. The Morgan fingerprint density at radius 2 is 2.09 bits per heavy atom. The van der Waals surface area contributed by atoms with Gasteiger partial charge in [-0.3, -0.25) is 10.1 Å². The molecule has 120 valence electrons. The molecule has 22 heavy (non-hydrogen) atoms. The van der Waals surface area contributed by atoms with Gasteiger partial charge in [-0.25, -0.2) is 9.59 Å². The maximum absolute atomic E-state index is 11.6. The predicted molar refractivity (Wildman–Crippen MR) is 69.8 cm³/mol. The summed E-state index contributed by atoms with van der Waals surface area (Å²) in [5, 5.41) is 30.3. The first-order chi connectivity index (χ1) is 10.3. The minimum absolute atomic E-state index is 0.325. The van der Waals surface area contributed by atoms with E-state index in [-0.39, 0.29) is 0 Å². The van der Waals surface area contributed by atoms with Gasteiger partial charge in [0.25, 0.3) is 0 Å². The number of hydrogen-bond donors (Lipinski definition) is 4. The lowest BCUT2D eigenvalue weighted by atomic mass is 9.84. The van der Waals surface area contributed by atoms with Crippen molar-refractivity contribution in [1.82, 2.24) is 5.32 Å². The number of carboxylic acid groups (broad SMARTS) is 3. The molecule has 2 heterocycles. The Kier molecular flexibility index (Phi) is 4.20. The van der Waals surface area contributed by atoms with E-state index in [2.05, 4.69) is 5.32 Å². The van der Waals surface area contributed by atoms with Gasteiger partial charge in [-0.05, 0) is 19.1 Å². The summed E-state index contributed by atoms with van der Waals surface area (Å²) < 4.78 is 10.5. The highest BCUT2D eigenvalue weighted by molar-refractivity contribution is 5.89. The third kappa shape index (κ3) is 2.55. The second-order valence-electron chi connectivity index (χ2n) is 4.78. The average Bonchev–Trinajstić information content (AvgIpc) is 2.72. The molecule has 1 saturated heterocycles. The second-order valence-corrected chi connectivity index (χ2v) is 4.78. The van der Waals surface area contributed by atoms with Crippen molar-refractivity contribution in [2.75, 3.05) is 6.61 Å². The smallest absolute Gasteiger partial charge is 0.353 e. The van der Waals surface area contributed by atoms with Gasteiger partial charge in [0, 0.05) is 6.61 Å². The molecule has 0 aliphatic carbocycles. The molecule has 0 saturated carbocycles. The van der Waals surface area contributed by atoms with Crippen molar-refractivity contribution in [3.63, 3.8) is 0 Å². The lowest BCUT2D eigenvalue weighted by Crippen LogP contribution is -2.60. The van der Waals surface area contributed by atoms with Crippen molar-refractivity contribution in [1.29, 1.82) is 0 Å². The number of carbonyl (C=O) groups is 3. The minimum Gasteiger partial charge on any atom is -0.481 e. The van der Waals surface area contributed by atoms with Crippen LogP contribution in [0.1, 0.15) is 6.92 Å². The molecule has 9 heteroatoms. The summed E-state index contributed by atoms with van der Waals surface area (Å²) in [6.45, 7) is 2.05. The van der Waals surface area contributed by atoms with Gasteiger partial charge in [-0.2, -0.15) is 0 Å². The Morgan fingerprint density at radius 1 is 1.41 bits per heavy atom. The lowest BCUT2D eigenvalue weighted by molar-refractivity contribution is -0.156. The third-order valence-corrected chi connectivity index (χ3v) is 3.46. The fraction of sp³-hybridized carbons (Fsp3) is 0.462. The van der Waals surface area contributed by atoms with Gasteiger partial charge in [0.1, 0.15) is 17.9 Å². The predicted octanol–water partition coefficient (Wildman–Crippen LogP) is -0.600. The lowest BCUT2D eigenvalue weighted by Gasteiger charge is -2.34. The molecule has 2 aliphatic heterocycles. The Labute approximate surface area is 124 Å². The molecule has 2 aliphatic rings. The number of nitrogens with one attached hydrogen (secondary N) is 1. The zero-order chi connectivity index (χ0) is 16.5. The highest BCUT2D eigenvalue weighted by Crippen LogP contribution is 2.42. The standard InChI is InChI=1S/C13H15NO8/c1-2-21-7-3-4-13(12(19)20)10(14-7)9(11(17)18)6(22-13)5-8(15)16/h3-5,7,9-10,14H,2H2,1H3,(H,15,16)(H,17,18)(H,19,20)/b6-5-/t7?,9-,10+,13+/m1/s1. The summed E-state index contributed by atoms with van der Waals surface area (Å²) >= 11 is 0. The van der Waals surface area contributed by atoms with Crippen molar-refractivity contribution >= 4 is 17.9 Å². The quantitative estimate of drug-likeness (QED) is 0.386. The van der Waals surface area contributed by atoms with Crippen molar-refractivity contribution in [2.24, 2.45) is 5.92 Å². The molecule has 0 aromatic heterocycles. The summed E-state index contributed by atoms with van der Waals surface area (Å²) in [6.07, 6.45) is 2.47. The fourth-order valence-corrected chi connectivity index (χ4v) is 2.59. The highest BCUT2D eigenvalue weighted by atomic mass is 16.5. The Bertz CT molecular complexity index is 568. The summed E-state index contributed by atoms with van der Waals surface area (Å²) in [4.78, 5) is 33.9. The largest absolute Gasteiger partial charge is 0.481 e. The van der Waals surface area contributed by atoms with Gasteiger partial charge < -0.3 is 24.8 Å². The van der Waals surface area contributed by atoms with Crippen LogP contribution in [0.25, 0.3) is 0 Å². The summed E-state index contributed by atoms with van der Waals surface area (Å²) in [7, 11) is 0. The first-order valence-corrected chi connectivity index (χ1v) is 6.48. The van der Waals surface area contributed by atoms with Crippen LogP contribution >= 0.6 is 0 Å². The molecule has 0 aromatic rings. The third-order valence-electron chi connectivity index (χ3n) is 3.46. The number of ether oxygens (including phenoxy) is 2. The van der Waals surface area contributed by atoms with Crippen molar-refractivity contribution in [2.45, 2.75) is 24.8 Å². The van der Waals surface area contributed by atoms with E-state index in [9.17, 15) is 24.6 Å². The number of hydrogen-bond acceptors (Lipinski definition) is 6. The van der Waals surface area contributed by atoms with Crippen LogP contribution in [0.5, 0.6) is 0 Å². The number of rotatable bonds is 5. The van der Waals surface area contributed by atoms with E-state index in [4.69, 9.17) is 14.6 Å². The van der Waals surface area contributed by atoms with Gasteiger partial charge in [-0.15, -0.1) is 0 Å². The Hall–Kier alpha value is -2.39. The maximum Gasteiger partial charge on any atom is 0.353 e. The van der Waals surface area contributed by atoms with Gasteiger partial charge in [0.15, 0.2) is 0 Å². The molecule has 9 nitrogen and oxygen atoms in total. The van der Waals surface area contributed by atoms with Gasteiger partial charge in [0.05, 0.1) is 12.1 Å². The first kappa shape index (κ1) is 16.0. The molecule has 0 spiro atoms. The number of fused-ring (bicyclic) bond motifs is 1. The SMILES string of the molecule is CCOC1C=C[C@]2(C(=O)O)O/C(=C\C(=O)O)[C@@H](C(=O)O)[C@@H]2N1. The molecule has 0 radical (unpaired) electrons. The molecule has 0 amide bonds. The van der Waals surface area contributed by atoms with Gasteiger partial charge in [0.2, 0.25) is 5.60 Å². The molecule has 4 N–H and O–H groups in total. The molecule has 2 rings (SSSR count). The topological polar surface area (TPSA) is 142 Å². The van der Waals surface area contributed by atoms with Crippen molar-refractivity contribution in [3.8, 4) is 0 Å². The summed E-state index contributed by atoms with van der Waals surface area (Å²) in [5.41, 5.74) is -1.99. The molecular weight excluding hydrogens is 298 g/mol. The molecular formula is C13H15NO8. The Morgan fingerprint density at radius 3 is 2.59 bits per heavy atom. The molecule has 1 fully saturated rings. The van der Waals surface area contributed by atoms with E-state index in [0.29, 0.717) is 12.7 Å². The Balaban J connectivity index is 2.49. The molecule has 0 bridgehead atoms. The van der Waals surface area contributed by atoms with E-state index < -0.39 is 47.5 Å². The first-order valence-electron chi connectivity index (χ1n) is 6.48. The van der Waals surface area contributed by atoms with E-state index >= 15 is 0 Å². The number of carboxylic acids is 3. The molecule has 4 atom stereocenters. The monoisotopic (exact) mass is 313 g/mol. The number of aliphatic carboxylic acids is 3. The summed E-state index contributed by atoms with van der Waals surface area (Å²) in [5.74, 6) is -6.12. The van der Waals surface area contributed by atoms with E-state index in [0.717, 1.165) is 0 Å².